The SMILES string of the molecule is COC(=O)CNC(=O)COC(=O)c1ccc(OCc2ccccc2)cc1. The maximum atomic E-state index is 11.9. The number of benzene rings is 2. The quantitative estimate of drug-likeness (QED) is 0.723. The van der Waals surface area contributed by atoms with Gasteiger partial charge >= 0.3 is 11.9 Å². The molecule has 0 aliphatic rings. The zero-order chi connectivity index (χ0) is 18.8. The van der Waals surface area contributed by atoms with Crippen molar-refractivity contribution in [3.63, 3.8) is 0 Å². The highest BCUT2D eigenvalue weighted by Crippen LogP contribution is 2.15. The highest BCUT2D eigenvalue weighted by molar-refractivity contribution is 5.91. The fraction of sp³-hybridized carbons (Fsp3) is 0.211. The highest BCUT2D eigenvalue weighted by atomic mass is 16.5. The molecule has 0 atom stereocenters. The molecule has 0 saturated carbocycles. The van der Waals surface area contributed by atoms with E-state index in [4.69, 9.17) is 9.47 Å². The van der Waals surface area contributed by atoms with Crippen molar-refractivity contribution in [2.45, 2.75) is 6.61 Å². The predicted octanol–water partition coefficient (Wildman–Crippen LogP) is 1.71. The Balaban J connectivity index is 1.77. The lowest BCUT2D eigenvalue weighted by molar-refractivity contribution is -0.141. The van der Waals surface area contributed by atoms with Gasteiger partial charge in [-0.3, -0.25) is 9.59 Å². The molecule has 0 spiro atoms. The Kier molecular flexibility index (Phi) is 7.17. The van der Waals surface area contributed by atoms with E-state index in [0.717, 1.165) is 5.56 Å². The summed E-state index contributed by atoms with van der Waals surface area (Å²) in [5, 5.41) is 2.27. The van der Waals surface area contributed by atoms with Crippen molar-refractivity contribution < 1.29 is 28.6 Å². The number of esters is 2. The molecule has 0 aromatic heterocycles. The third-order valence-corrected chi connectivity index (χ3v) is 3.33. The Labute approximate surface area is 150 Å². The molecule has 0 fully saturated rings. The predicted molar refractivity (Wildman–Crippen MR) is 92.5 cm³/mol. The molecule has 2 aromatic rings. The molecule has 7 heteroatoms. The van der Waals surface area contributed by atoms with E-state index in [1.165, 1.54) is 7.11 Å². The largest absolute Gasteiger partial charge is 0.489 e. The van der Waals surface area contributed by atoms with Gasteiger partial charge in [-0.05, 0) is 29.8 Å². The summed E-state index contributed by atoms with van der Waals surface area (Å²) in [5.41, 5.74) is 1.33. The molecule has 0 unspecified atom stereocenters. The minimum atomic E-state index is -0.646. The number of ether oxygens (including phenoxy) is 3. The fourth-order valence-electron chi connectivity index (χ4n) is 1.94. The molecule has 1 N–H and O–H groups in total. The number of carbonyl (C=O) groups excluding carboxylic acids is 3. The lowest BCUT2D eigenvalue weighted by Crippen LogP contribution is -2.33. The molecular formula is C19H19NO6. The standard InChI is InChI=1S/C19H19NO6/c1-24-18(22)11-20-17(21)13-26-19(23)15-7-9-16(10-8-15)25-12-14-5-3-2-4-6-14/h2-10H,11-13H2,1H3,(H,20,21). The van der Waals surface area contributed by atoms with Crippen molar-refractivity contribution in [3.8, 4) is 5.75 Å². The summed E-state index contributed by atoms with van der Waals surface area (Å²) in [4.78, 5) is 34.3. The minimum absolute atomic E-state index is 0.277. The van der Waals surface area contributed by atoms with E-state index in [0.29, 0.717) is 12.4 Å². The summed E-state index contributed by atoms with van der Waals surface area (Å²) >= 11 is 0. The van der Waals surface area contributed by atoms with Crippen molar-refractivity contribution in [2.75, 3.05) is 20.3 Å². The molecule has 136 valence electrons. The third-order valence-electron chi connectivity index (χ3n) is 3.33. The second-order valence-electron chi connectivity index (χ2n) is 5.23. The van der Waals surface area contributed by atoms with Crippen LogP contribution in [0, 0.1) is 0 Å². The molecule has 2 aromatic carbocycles. The summed E-state index contributed by atoms with van der Waals surface area (Å²) in [6, 6.07) is 16.1. The van der Waals surface area contributed by atoms with Gasteiger partial charge in [0.05, 0.1) is 12.7 Å². The number of amides is 1. The van der Waals surface area contributed by atoms with Gasteiger partial charge in [0, 0.05) is 0 Å². The number of nitrogens with one attached hydrogen (secondary N) is 1. The lowest BCUT2D eigenvalue weighted by atomic mass is 10.2. The Bertz CT molecular complexity index is 742. The second kappa shape index (κ2) is 9.83. The number of methoxy groups -OCH3 is 1. The molecule has 0 saturated heterocycles. The first kappa shape index (κ1) is 19.0. The van der Waals surface area contributed by atoms with Crippen LogP contribution in [0.5, 0.6) is 5.75 Å². The summed E-state index contributed by atoms with van der Waals surface area (Å²) < 4.78 is 14.9. The van der Waals surface area contributed by atoms with Crippen LogP contribution in [0.1, 0.15) is 15.9 Å². The Morgan fingerprint density at radius 1 is 0.962 bits per heavy atom. The fourth-order valence-corrected chi connectivity index (χ4v) is 1.94. The Morgan fingerprint density at radius 2 is 1.65 bits per heavy atom. The van der Waals surface area contributed by atoms with Gasteiger partial charge in [0.25, 0.3) is 5.91 Å². The zero-order valence-electron chi connectivity index (χ0n) is 14.3. The van der Waals surface area contributed by atoms with Crippen LogP contribution >= 0.6 is 0 Å². The normalized spacial score (nSPS) is 9.88. The first-order valence-corrected chi connectivity index (χ1v) is 7.86. The molecule has 7 nitrogen and oxygen atoms in total. The van der Waals surface area contributed by atoms with Crippen LogP contribution < -0.4 is 10.1 Å². The van der Waals surface area contributed by atoms with Crippen LogP contribution in [-0.2, 0) is 25.7 Å². The van der Waals surface area contributed by atoms with Gasteiger partial charge in [0.1, 0.15) is 18.9 Å². The van der Waals surface area contributed by atoms with Crippen molar-refractivity contribution >= 4 is 17.8 Å². The Hall–Kier alpha value is -3.35. The lowest BCUT2D eigenvalue weighted by Gasteiger charge is -2.08. The van der Waals surface area contributed by atoms with Crippen molar-refractivity contribution in [1.82, 2.24) is 5.32 Å². The van der Waals surface area contributed by atoms with E-state index in [9.17, 15) is 14.4 Å². The van der Waals surface area contributed by atoms with Crippen LogP contribution in [-0.4, -0.2) is 38.1 Å². The monoisotopic (exact) mass is 357 g/mol. The van der Waals surface area contributed by atoms with Crippen LogP contribution in [0.15, 0.2) is 54.6 Å². The molecule has 0 aliphatic carbocycles. The van der Waals surface area contributed by atoms with Crippen molar-refractivity contribution in [2.24, 2.45) is 0 Å². The van der Waals surface area contributed by atoms with E-state index in [1.54, 1.807) is 24.3 Å². The number of hydrogen-bond acceptors (Lipinski definition) is 6. The van der Waals surface area contributed by atoms with Gasteiger partial charge in [0.2, 0.25) is 0 Å². The van der Waals surface area contributed by atoms with E-state index < -0.39 is 24.5 Å². The van der Waals surface area contributed by atoms with E-state index in [2.05, 4.69) is 10.1 Å². The second-order valence-corrected chi connectivity index (χ2v) is 5.23. The van der Waals surface area contributed by atoms with Crippen LogP contribution in [0.2, 0.25) is 0 Å². The minimum Gasteiger partial charge on any atom is -0.489 e. The maximum Gasteiger partial charge on any atom is 0.338 e. The molecule has 1 amide bonds. The summed E-state index contributed by atoms with van der Waals surface area (Å²) in [6.45, 7) is -0.340. The van der Waals surface area contributed by atoms with Crippen molar-refractivity contribution in [3.05, 3.63) is 65.7 Å². The molecular weight excluding hydrogens is 338 g/mol. The molecule has 0 radical (unpaired) electrons. The smallest absolute Gasteiger partial charge is 0.338 e. The molecule has 0 heterocycles. The average molecular weight is 357 g/mol. The highest BCUT2D eigenvalue weighted by Gasteiger charge is 2.11. The van der Waals surface area contributed by atoms with Gasteiger partial charge in [-0.25, -0.2) is 4.79 Å². The molecule has 0 bridgehead atoms. The van der Waals surface area contributed by atoms with Crippen LogP contribution in [0.25, 0.3) is 0 Å². The number of rotatable bonds is 8. The topological polar surface area (TPSA) is 90.9 Å². The van der Waals surface area contributed by atoms with Crippen LogP contribution in [0.3, 0.4) is 0 Å². The van der Waals surface area contributed by atoms with Gasteiger partial charge < -0.3 is 19.5 Å². The zero-order valence-corrected chi connectivity index (χ0v) is 14.3. The molecule has 2 rings (SSSR count). The molecule has 0 aliphatic heterocycles. The van der Waals surface area contributed by atoms with Gasteiger partial charge in [0.15, 0.2) is 6.61 Å². The van der Waals surface area contributed by atoms with Crippen LogP contribution in [0.4, 0.5) is 0 Å². The van der Waals surface area contributed by atoms with Gasteiger partial charge in [-0.2, -0.15) is 0 Å². The summed E-state index contributed by atoms with van der Waals surface area (Å²) in [5.74, 6) is -1.21. The summed E-state index contributed by atoms with van der Waals surface area (Å²) in [7, 11) is 1.21. The van der Waals surface area contributed by atoms with Gasteiger partial charge in [-0.1, -0.05) is 30.3 Å². The Morgan fingerprint density at radius 3 is 2.31 bits per heavy atom. The first-order chi connectivity index (χ1) is 12.6. The first-order valence-electron chi connectivity index (χ1n) is 7.86. The number of hydrogen-bond donors (Lipinski definition) is 1. The third kappa shape index (κ3) is 6.27. The maximum absolute atomic E-state index is 11.9. The average Bonchev–Trinajstić information content (AvgIpc) is 2.69. The number of carbonyl (C=O) groups is 3. The van der Waals surface area contributed by atoms with Gasteiger partial charge in [-0.15, -0.1) is 0 Å². The van der Waals surface area contributed by atoms with E-state index in [1.807, 2.05) is 30.3 Å². The summed E-state index contributed by atoms with van der Waals surface area (Å²) in [6.07, 6.45) is 0. The van der Waals surface area contributed by atoms with E-state index >= 15 is 0 Å². The van der Waals surface area contributed by atoms with Crippen molar-refractivity contribution in [1.29, 1.82) is 0 Å². The molecule has 26 heavy (non-hydrogen) atoms. The van der Waals surface area contributed by atoms with E-state index in [-0.39, 0.29) is 12.1 Å².